The van der Waals surface area contributed by atoms with E-state index in [9.17, 15) is 4.39 Å². The van der Waals surface area contributed by atoms with E-state index in [0.717, 1.165) is 23.1 Å². The van der Waals surface area contributed by atoms with E-state index in [1.54, 1.807) is 18.2 Å². The number of unbranched alkanes of at least 4 members (excludes halogenated alkanes) is 2. The lowest BCUT2D eigenvalue weighted by atomic mass is 9.97. The highest BCUT2D eigenvalue weighted by atomic mass is 19.1. The molecular weight excluding hydrogens is 352 g/mol. The molecule has 0 saturated heterocycles. The minimum Gasteiger partial charge on any atom is -0.206 e. The highest BCUT2D eigenvalue weighted by molar-refractivity contribution is 5.81. The van der Waals surface area contributed by atoms with E-state index < -0.39 is 5.82 Å². The number of halogens is 2. The van der Waals surface area contributed by atoms with Gasteiger partial charge in [0.15, 0.2) is 0 Å². The maximum Gasteiger partial charge on any atom is 0.141 e. The molecule has 0 saturated carbocycles. The number of nitrogens with zero attached hydrogens (tertiary/aromatic N) is 1. The van der Waals surface area contributed by atoms with Gasteiger partial charge >= 0.3 is 0 Å². The van der Waals surface area contributed by atoms with E-state index in [0.29, 0.717) is 23.1 Å². The Morgan fingerprint density at radius 1 is 0.929 bits per heavy atom. The van der Waals surface area contributed by atoms with Gasteiger partial charge in [-0.25, -0.2) is 8.78 Å². The molecule has 0 atom stereocenters. The average molecular weight is 373 g/mol. The van der Waals surface area contributed by atoms with E-state index in [1.807, 2.05) is 6.07 Å². The van der Waals surface area contributed by atoms with Gasteiger partial charge in [0, 0.05) is 17.5 Å². The van der Waals surface area contributed by atoms with Crippen LogP contribution in [0.1, 0.15) is 48.4 Å². The van der Waals surface area contributed by atoms with Crippen molar-refractivity contribution in [1.29, 1.82) is 5.26 Å². The van der Waals surface area contributed by atoms with Crippen molar-refractivity contribution in [3.8, 4) is 28.3 Å². The summed E-state index contributed by atoms with van der Waals surface area (Å²) in [5.74, 6) is -0.926. The molecule has 0 N–H and O–H groups in total. The van der Waals surface area contributed by atoms with Crippen LogP contribution in [0.15, 0.2) is 48.5 Å². The Bertz CT molecular complexity index is 1090. The number of benzene rings is 3. The molecule has 0 bridgehead atoms. The van der Waals surface area contributed by atoms with Crippen LogP contribution in [-0.2, 0) is 12.8 Å². The summed E-state index contributed by atoms with van der Waals surface area (Å²) >= 11 is 0. The average Bonchev–Trinajstić information content (AvgIpc) is 3.07. The molecule has 0 radical (unpaired) electrons. The van der Waals surface area contributed by atoms with Crippen molar-refractivity contribution >= 4 is 0 Å². The molecule has 1 aliphatic carbocycles. The second kappa shape index (κ2) is 7.56. The van der Waals surface area contributed by atoms with E-state index in [2.05, 4.69) is 25.1 Å². The summed E-state index contributed by atoms with van der Waals surface area (Å²) in [5.41, 5.74) is 5.93. The van der Waals surface area contributed by atoms with Gasteiger partial charge < -0.3 is 0 Å². The molecular formula is C25H21F2N. The molecule has 0 unspecified atom stereocenters. The van der Waals surface area contributed by atoms with Crippen molar-refractivity contribution in [1.82, 2.24) is 0 Å². The van der Waals surface area contributed by atoms with Gasteiger partial charge in [-0.15, -0.1) is 0 Å². The summed E-state index contributed by atoms with van der Waals surface area (Å²) in [6.45, 7) is 2.19. The second-order valence-corrected chi connectivity index (χ2v) is 7.39. The van der Waals surface area contributed by atoms with Crippen LogP contribution < -0.4 is 0 Å². The molecule has 140 valence electrons. The van der Waals surface area contributed by atoms with Gasteiger partial charge in [-0.3, -0.25) is 0 Å². The molecule has 1 nitrogen and oxygen atoms in total. The topological polar surface area (TPSA) is 23.8 Å². The Morgan fingerprint density at radius 3 is 2.46 bits per heavy atom. The van der Waals surface area contributed by atoms with Gasteiger partial charge in [-0.1, -0.05) is 56.2 Å². The van der Waals surface area contributed by atoms with Gasteiger partial charge in [0.2, 0.25) is 0 Å². The first-order valence-electron chi connectivity index (χ1n) is 9.76. The van der Waals surface area contributed by atoms with E-state index in [4.69, 9.17) is 5.26 Å². The van der Waals surface area contributed by atoms with Crippen LogP contribution in [-0.4, -0.2) is 0 Å². The van der Waals surface area contributed by atoms with E-state index >= 15 is 4.39 Å². The van der Waals surface area contributed by atoms with Gasteiger partial charge in [-0.2, -0.15) is 5.26 Å². The first kappa shape index (κ1) is 18.4. The normalized spacial score (nSPS) is 11.8. The molecule has 3 aromatic rings. The van der Waals surface area contributed by atoms with E-state index in [1.165, 1.54) is 37.0 Å². The Balaban J connectivity index is 1.68. The van der Waals surface area contributed by atoms with Crippen LogP contribution in [0.2, 0.25) is 0 Å². The second-order valence-electron chi connectivity index (χ2n) is 7.39. The lowest BCUT2D eigenvalue weighted by Crippen LogP contribution is -1.94. The molecule has 0 aliphatic heterocycles. The number of aryl methyl sites for hydroxylation is 1. The molecule has 4 rings (SSSR count). The maximum absolute atomic E-state index is 15.3. The molecule has 0 amide bonds. The molecule has 28 heavy (non-hydrogen) atoms. The smallest absolute Gasteiger partial charge is 0.141 e. The van der Waals surface area contributed by atoms with Gasteiger partial charge in [-0.05, 0) is 52.8 Å². The lowest BCUT2D eigenvalue weighted by Gasteiger charge is -2.09. The minimum atomic E-state index is -0.625. The molecule has 0 aromatic heterocycles. The van der Waals surface area contributed by atoms with Crippen molar-refractivity contribution in [3.05, 3.63) is 82.4 Å². The summed E-state index contributed by atoms with van der Waals surface area (Å²) in [6, 6.07) is 16.1. The van der Waals surface area contributed by atoms with Gasteiger partial charge in [0.1, 0.15) is 17.7 Å². The van der Waals surface area contributed by atoms with Gasteiger partial charge in [0.05, 0.1) is 5.56 Å². The SMILES string of the molecule is CCCCCc1ccc2c(c1)Cc1c-2ccc(-c2ccc(C#N)c(F)c2)c1F. The molecule has 0 spiro atoms. The fourth-order valence-electron chi connectivity index (χ4n) is 4.02. The molecule has 1 aliphatic rings. The molecule has 3 heteroatoms. The first-order chi connectivity index (χ1) is 13.6. The van der Waals surface area contributed by atoms with Gasteiger partial charge in [0.25, 0.3) is 0 Å². The van der Waals surface area contributed by atoms with Crippen molar-refractivity contribution < 1.29 is 8.78 Å². The maximum atomic E-state index is 15.3. The lowest BCUT2D eigenvalue weighted by molar-refractivity contribution is 0.616. The summed E-state index contributed by atoms with van der Waals surface area (Å²) in [6.07, 6.45) is 5.20. The van der Waals surface area contributed by atoms with Crippen LogP contribution >= 0.6 is 0 Å². The Labute approximate surface area is 164 Å². The zero-order valence-corrected chi connectivity index (χ0v) is 15.9. The largest absolute Gasteiger partial charge is 0.206 e. The van der Waals surface area contributed by atoms with Crippen LogP contribution in [0.25, 0.3) is 22.3 Å². The zero-order chi connectivity index (χ0) is 19.7. The van der Waals surface area contributed by atoms with Crippen molar-refractivity contribution in [2.24, 2.45) is 0 Å². The van der Waals surface area contributed by atoms with E-state index in [-0.39, 0.29) is 11.4 Å². The number of hydrogen-bond acceptors (Lipinski definition) is 1. The van der Waals surface area contributed by atoms with Crippen LogP contribution in [0.3, 0.4) is 0 Å². The fourth-order valence-corrected chi connectivity index (χ4v) is 4.02. The predicted molar refractivity (Wildman–Crippen MR) is 108 cm³/mol. The molecule has 0 fully saturated rings. The molecule has 3 aromatic carbocycles. The Kier molecular flexibility index (Phi) is 4.96. The fraction of sp³-hybridized carbons (Fsp3) is 0.240. The number of rotatable bonds is 5. The Hall–Kier alpha value is -2.99. The zero-order valence-electron chi connectivity index (χ0n) is 15.9. The standard InChI is InChI=1S/C25H21F2N/c1-2-3-4-5-16-6-9-20-19(12-16)13-23-22(20)11-10-21(25(23)27)17-7-8-18(15-28)24(26)14-17/h6-12,14H,2-5,13H2,1H3. The van der Waals surface area contributed by atoms with Crippen molar-refractivity contribution in [3.63, 3.8) is 0 Å². The first-order valence-corrected chi connectivity index (χ1v) is 9.76. The minimum absolute atomic E-state index is 0.0340. The monoisotopic (exact) mass is 373 g/mol. The number of fused-ring (bicyclic) bond motifs is 3. The quantitative estimate of drug-likeness (QED) is 0.353. The van der Waals surface area contributed by atoms with Crippen LogP contribution in [0.4, 0.5) is 8.78 Å². The Morgan fingerprint density at radius 2 is 1.71 bits per heavy atom. The third kappa shape index (κ3) is 3.20. The number of hydrogen-bond donors (Lipinski definition) is 0. The van der Waals surface area contributed by atoms with Crippen molar-refractivity contribution in [2.75, 3.05) is 0 Å². The van der Waals surface area contributed by atoms with Crippen LogP contribution in [0.5, 0.6) is 0 Å². The highest BCUT2D eigenvalue weighted by Gasteiger charge is 2.24. The summed E-state index contributed by atoms with van der Waals surface area (Å²) in [7, 11) is 0. The van der Waals surface area contributed by atoms with Crippen LogP contribution in [0, 0.1) is 23.0 Å². The summed E-state index contributed by atoms with van der Waals surface area (Å²) in [5, 5.41) is 8.89. The predicted octanol–water partition coefficient (Wildman–Crippen LogP) is 6.81. The van der Waals surface area contributed by atoms with Crippen molar-refractivity contribution in [2.45, 2.75) is 39.0 Å². The summed E-state index contributed by atoms with van der Waals surface area (Å²) in [4.78, 5) is 0. The third-order valence-corrected chi connectivity index (χ3v) is 5.54. The number of nitriles is 1. The molecule has 0 heterocycles. The summed E-state index contributed by atoms with van der Waals surface area (Å²) < 4.78 is 29.3. The third-order valence-electron chi connectivity index (χ3n) is 5.54. The highest BCUT2D eigenvalue weighted by Crippen LogP contribution is 2.41.